The Morgan fingerprint density at radius 3 is 2.40 bits per heavy atom. The summed E-state index contributed by atoms with van der Waals surface area (Å²) in [5, 5.41) is 25.2. The highest BCUT2D eigenvalue weighted by Gasteiger charge is 2.46. The lowest BCUT2D eigenvalue weighted by molar-refractivity contribution is -0.136. The minimum absolute atomic E-state index is 0.00743. The van der Waals surface area contributed by atoms with E-state index in [9.17, 15) is 33.9 Å². The SMILES string of the molecule is O=C(CCCCC(=O)Nc1cccc(-c2ccc3c(c2)[C@H]2[C@H](CCN2Cc2ccncc2)[C@@H](CO)N3)c1)NCCCCNc1cccc2c1C(=O)N(C1CCC(=O)NC1=O)C2=O. The van der Waals surface area contributed by atoms with Crippen LogP contribution in [-0.4, -0.2) is 93.7 Å². The average Bonchev–Trinajstić information content (AvgIpc) is 3.81. The van der Waals surface area contributed by atoms with Gasteiger partial charge in [0.25, 0.3) is 11.8 Å². The van der Waals surface area contributed by atoms with E-state index in [0.29, 0.717) is 63.0 Å². The number of likely N-dealkylation sites (tertiary alicyclic amines) is 1. The second kappa shape index (κ2) is 19.1. The van der Waals surface area contributed by atoms with Crippen molar-refractivity contribution in [2.24, 2.45) is 5.92 Å². The molecule has 2 fully saturated rings. The summed E-state index contributed by atoms with van der Waals surface area (Å²) in [5.41, 5.74) is 7.14. The number of benzene rings is 3. The number of rotatable bonds is 17. The first-order valence-electron chi connectivity index (χ1n) is 21.6. The third-order valence-corrected chi connectivity index (χ3v) is 12.4. The Labute approximate surface area is 360 Å². The number of aliphatic hydroxyl groups excluding tert-OH is 1. The lowest BCUT2D eigenvalue weighted by atomic mass is 9.82. The van der Waals surface area contributed by atoms with Gasteiger partial charge in [-0.2, -0.15) is 0 Å². The van der Waals surface area contributed by atoms with Crippen molar-refractivity contribution in [2.45, 2.75) is 82.5 Å². The number of imide groups is 2. The fraction of sp³-hybridized carbons (Fsp3) is 0.383. The molecular formula is C47H52N8O7. The Morgan fingerprint density at radius 2 is 1.60 bits per heavy atom. The zero-order chi connectivity index (χ0) is 43.2. The number of aliphatic hydroxyl groups is 1. The van der Waals surface area contributed by atoms with Gasteiger partial charge in [0.1, 0.15) is 6.04 Å². The number of unbranched alkanes of at least 4 members (excludes halogenated alkanes) is 2. The number of carbonyl (C=O) groups excluding carboxylic acids is 6. The number of fused-ring (bicyclic) bond motifs is 4. The number of piperidine rings is 1. The van der Waals surface area contributed by atoms with Gasteiger partial charge in [0.15, 0.2) is 0 Å². The van der Waals surface area contributed by atoms with Crippen LogP contribution < -0.4 is 26.6 Å². The summed E-state index contributed by atoms with van der Waals surface area (Å²) in [6.45, 7) is 2.80. The fourth-order valence-electron chi connectivity index (χ4n) is 9.26. The monoisotopic (exact) mass is 840 g/mol. The molecule has 0 radical (unpaired) electrons. The van der Waals surface area contributed by atoms with Gasteiger partial charge in [-0.05, 0) is 116 Å². The number of nitrogens with zero attached hydrogens (tertiary/aromatic N) is 3. The molecule has 3 aromatic carbocycles. The van der Waals surface area contributed by atoms with E-state index < -0.39 is 29.7 Å². The molecule has 4 aliphatic heterocycles. The number of carbonyl (C=O) groups is 6. The van der Waals surface area contributed by atoms with Gasteiger partial charge in [-0.25, -0.2) is 0 Å². The molecule has 6 amide bonds. The van der Waals surface area contributed by atoms with Gasteiger partial charge in [-0.15, -0.1) is 0 Å². The van der Waals surface area contributed by atoms with Crippen molar-refractivity contribution in [1.82, 2.24) is 25.4 Å². The smallest absolute Gasteiger partial charge is 0.264 e. The number of anilines is 3. The van der Waals surface area contributed by atoms with Crippen molar-refractivity contribution >= 4 is 52.5 Å². The van der Waals surface area contributed by atoms with E-state index in [1.54, 1.807) is 18.2 Å². The molecule has 0 spiro atoms. The van der Waals surface area contributed by atoms with E-state index in [1.807, 2.05) is 36.7 Å². The summed E-state index contributed by atoms with van der Waals surface area (Å²) in [5.74, 6) is -2.10. The zero-order valence-electron chi connectivity index (χ0n) is 34.5. The summed E-state index contributed by atoms with van der Waals surface area (Å²) in [6.07, 6.45) is 7.90. The number of nitrogens with one attached hydrogen (secondary N) is 5. The first kappa shape index (κ1) is 42.2. The van der Waals surface area contributed by atoms with Crippen LogP contribution in [0.1, 0.15) is 95.7 Å². The highest BCUT2D eigenvalue weighted by Crippen LogP contribution is 2.48. The van der Waals surface area contributed by atoms with Gasteiger partial charge in [-0.1, -0.05) is 24.3 Å². The predicted molar refractivity (Wildman–Crippen MR) is 233 cm³/mol. The molecule has 4 aromatic rings. The van der Waals surface area contributed by atoms with E-state index in [0.717, 1.165) is 41.2 Å². The number of hydrogen-bond acceptors (Lipinski definition) is 11. The molecule has 0 bridgehead atoms. The Balaban J connectivity index is 0.753. The van der Waals surface area contributed by atoms with Crippen LogP contribution in [0.4, 0.5) is 17.1 Å². The van der Waals surface area contributed by atoms with Crippen LogP contribution >= 0.6 is 0 Å². The molecule has 1 aromatic heterocycles. The number of pyridine rings is 1. The normalized spacial score (nSPS) is 20.5. The van der Waals surface area contributed by atoms with Crippen LogP contribution in [0.3, 0.4) is 0 Å². The van der Waals surface area contributed by atoms with Gasteiger partial charge in [0.05, 0.1) is 23.8 Å². The third kappa shape index (κ3) is 9.23. The topological polar surface area (TPSA) is 202 Å². The Bertz CT molecular complexity index is 2360. The molecule has 8 rings (SSSR count). The third-order valence-electron chi connectivity index (χ3n) is 12.4. The standard InChI is InChI=1S/C47H52N8O7/c56-28-38-33-19-24-54(27-29-17-22-48-23-18-29)44(33)35-26-31(13-14-36(35)52-38)30-7-5-8-32(25-30)51-41(58)12-2-1-11-40(57)50-21-4-3-20-49-37-10-6-9-34-43(37)47(62)55(46(34)61)39-15-16-42(59)53-45(39)60/h5-10,13-14,17-18,22-23,25-26,33,38-39,44,49,52,56H,1-4,11-12,15-16,19-21,24,27-28H2,(H,50,57)(H,51,58)(H,53,59,60)/t33-,38-,39?,44-/m1/s1. The van der Waals surface area contributed by atoms with Crippen molar-refractivity contribution in [3.8, 4) is 11.1 Å². The van der Waals surface area contributed by atoms with Gasteiger partial charge in [0.2, 0.25) is 23.6 Å². The molecule has 4 atom stereocenters. The molecule has 5 heterocycles. The second-order valence-corrected chi connectivity index (χ2v) is 16.5. The fourth-order valence-corrected chi connectivity index (χ4v) is 9.26. The van der Waals surface area contributed by atoms with E-state index in [4.69, 9.17) is 0 Å². The highest BCUT2D eigenvalue weighted by atomic mass is 16.3. The molecule has 4 aliphatic rings. The summed E-state index contributed by atoms with van der Waals surface area (Å²) >= 11 is 0. The van der Waals surface area contributed by atoms with Crippen molar-refractivity contribution < 1.29 is 33.9 Å². The molecule has 2 saturated heterocycles. The van der Waals surface area contributed by atoms with Crippen LogP contribution in [0, 0.1) is 5.92 Å². The largest absolute Gasteiger partial charge is 0.394 e. The zero-order valence-corrected chi connectivity index (χ0v) is 34.5. The first-order chi connectivity index (χ1) is 30.2. The molecular weight excluding hydrogens is 789 g/mol. The van der Waals surface area contributed by atoms with E-state index >= 15 is 0 Å². The van der Waals surface area contributed by atoms with Crippen LogP contribution in [-0.2, 0) is 25.7 Å². The maximum Gasteiger partial charge on any atom is 0.264 e. The molecule has 15 nitrogen and oxygen atoms in total. The van der Waals surface area contributed by atoms with Gasteiger partial charge in [-0.3, -0.25) is 48.9 Å². The Hall–Kier alpha value is -6.45. The van der Waals surface area contributed by atoms with Crippen molar-refractivity contribution in [3.63, 3.8) is 0 Å². The Morgan fingerprint density at radius 1 is 0.823 bits per heavy atom. The minimum Gasteiger partial charge on any atom is -0.394 e. The summed E-state index contributed by atoms with van der Waals surface area (Å²) in [7, 11) is 0. The van der Waals surface area contributed by atoms with Crippen molar-refractivity contribution in [1.29, 1.82) is 0 Å². The van der Waals surface area contributed by atoms with Crippen LogP contribution in [0.5, 0.6) is 0 Å². The Kier molecular flexibility index (Phi) is 13.0. The summed E-state index contributed by atoms with van der Waals surface area (Å²) < 4.78 is 0. The quantitative estimate of drug-likeness (QED) is 0.0617. The van der Waals surface area contributed by atoms with Crippen molar-refractivity contribution in [2.75, 3.05) is 42.2 Å². The van der Waals surface area contributed by atoms with E-state index in [-0.39, 0.29) is 60.4 Å². The molecule has 62 heavy (non-hydrogen) atoms. The second-order valence-electron chi connectivity index (χ2n) is 16.5. The number of hydrogen-bond donors (Lipinski definition) is 6. The molecule has 15 heteroatoms. The highest BCUT2D eigenvalue weighted by molar-refractivity contribution is 6.25. The molecule has 322 valence electrons. The van der Waals surface area contributed by atoms with Gasteiger partial charge in [0, 0.05) is 80.3 Å². The first-order valence-corrected chi connectivity index (χ1v) is 21.6. The van der Waals surface area contributed by atoms with Crippen LogP contribution in [0.15, 0.2) is 85.2 Å². The molecule has 6 N–H and O–H groups in total. The summed E-state index contributed by atoms with van der Waals surface area (Å²) in [6, 6.07) is 22.4. The maximum absolute atomic E-state index is 13.3. The average molecular weight is 841 g/mol. The van der Waals surface area contributed by atoms with Gasteiger partial charge < -0.3 is 26.4 Å². The van der Waals surface area contributed by atoms with Crippen LogP contribution in [0.2, 0.25) is 0 Å². The molecule has 1 unspecified atom stereocenters. The number of aromatic nitrogens is 1. The number of amides is 6. The minimum atomic E-state index is -1.03. The predicted octanol–water partition coefficient (Wildman–Crippen LogP) is 5.01. The molecule has 0 aliphatic carbocycles. The lowest BCUT2D eigenvalue weighted by Crippen LogP contribution is -2.54. The summed E-state index contributed by atoms with van der Waals surface area (Å²) in [4.78, 5) is 83.4. The van der Waals surface area contributed by atoms with Crippen molar-refractivity contribution in [3.05, 3.63) is 107 Å². The molecule has 0 saturated carbocycles. The van der Waals surface area contributed by atoms with E-state index in [1.165, 1.54) is 11.1 Å². The lowest BCUT2D eigenvalue weighted by Gasteiger charge is -2.39. The van der Waals surface area contributed by atoms with Gasteiger partial charge >= 0.3 is 0 Å². The maximum atomic E-state index is 13.3. The van der Waals surface area contributed by atoms with Crippen LogP contribution in [0.25, 0.3) is 11.1 Å². The van der Waals surface area contributed by atoms with E-state index in [2.05, 4.69) is 66.8 Å².